The van der Waals surface area contributed by atoms with Crippen molar-refractivity contribution >= 4 is 17.7 Å². The van der Waals surface area contributed by atoms with Crippen molar-refractivity contribution in [2.24, 2.45) is 0 Å². The van der Waals surface area contributed by atoms with Gasteiger partial charge in [0.25, 0.3) is 0 Å². The molecule has 0 aliphatic carbocycles. The van der Waals surface area contributed by atoms with Crippen molar-refractivity contribution in [3.05, 3.63) is 69.7 Å². The highest BCUT2D eigenvalue weighted by Gasteiger charge is 2.02. The van der Waals surface area contributed by atoms with Gasteiger partial charge >= 0.3 is 6.09 Å². The number of rotatable bonds is 4. The van der Waals surface area contributed by atoms with Crippen molar-refractivity contribution in [2.75, 3.05) is 6.54 Å². The van der Waals surface area contributed by atoms with Crippen LogP contribution in [-0.2, 0) is 11.3 Å². The van der Waals surface area contributed by atoms with Crippen molar-refractivity contribution in [3.63, 3.8) is 0 Å². The SMILES string of the molecule is Cc1cc(Cl)cc(C)c1C#CCCNC(=O)OCc1ccccc1. The quantitative estimate of drug-likeness (QED) is 0.650. The van der Waals surface area contributed by atoms with E-state index in [4.69, 9.17) is 16.3 Å². The average Bonchev–Trinajstić information content (AvgIpc) is 2.55. The van der Waals surface area contributed by atoms with Crippen LogP contribution in [0, 0.1) is 25.7 Å². The molecule has 0 unspecified atom stereocenters. The molecule has 0 heterocycles. The monoisotopic (exact) mass is 341 g/mol. The molecule has 2 rings (SSSR count). The lowest BCUT2D eigenvalue weighted by molar-refractivity contribution is 0.140. The summed E-state index contributed by atoms with van der Waals surface area (Å²) in [6.07, 6.45) is 0.126. The summed E-state index contributed by atoms with van der Waals surface area (Å²) in [6, 6.07) is 13.4. The smallest absolute Gasteiger partial charge is 0.407 e. The molecule has 0 aromatic heterocycles. The molecule has 1 N–H and O–H groups in total. The van der Waals surface area contributed by atoms with Crippen LogP contribution in [0.4, 0.5) is 4.79 Å². The molecule has 2 aromatic carbocycles. The molecule has 0 radical (unpaired) electrons. The molecule has 0 saturated carbocycles. The standard InChI is InChI=1S/C20H20ClNO2/c1-15-12-18(21)13-16(2)19(15)10-6-7-11-22-20(23)24-14-17-8-4-3-5-9-17/h3-5,8-9,12-13H,7,11,14H2,1-2H3,(H,22,23). The fraction of sp³-hybridized carbons (Fsp3) is 0.250. The first-order valence-corrected chi connectivity index (χ1v) is 8.14. The van der Waals surface area contributed by atoms with Crippen molar-refractivity contribution < 1.29 is 9.53 Å². The van der Waals surface area contributed by atoms with E-state index in [2.05, 4.69) is 17.2 Å². The van der Waals surface area contributed by atoms with Gasteiger partial charge in [-0.1, -0.05) is 53.8 Å². The van der Waals surface area contributed by atoms with Gasteiger partial charge in [-0.15, -0.1) is 0 Å². The Hall–Kier alpha value is -2.44. The normalized spacial score (nSPS) is 9.79. The molecule has 3 nitrogen and oxygen atoms in total. The fourth-order valence-electron chi connectivity index (χ4n) is 2.26. The Morgan fingerprint density at radius 1 is 1.17 bits per heavy atom. The summed E-state index contributed by atoms with van der Waals surface area (Å²) in [4.78, 5) is 11.6. The summed E-state index contributed by atoms with van der Waals surface area (Å²) in [5, 5.41) is 3.41. The Bertz CT molecular complexity index is 737. The van der Waals surface area contributed by atoms with Gasteiger partial charge in [-0.2, -0.15) is 0 Å². The highest BCUT2D eigenvalue weighted by atomic mass is 35.5. The Labute approximate surface area is 148 Å². The first-order valence-electron chi connectivity index (χ1n) is 7.76. The molecule has 0 fully saturated rings. The predicted octanol–water partition coefficient (Wildman–Crippen LogP) is 4.62. The zero-order valence-corrected chi connectivity index (χ0v) is 14.6. The van der Waals surface area contributed by atoms with E-state index >= 15 is 0 Å². The number of amides is 1. The van der Waals surface area contributed by atoms with Crippen molar-refractivity contribution in [3.8, 4) is 11.8 Å². The number of hydrogen-bond donors (Lipinski definition) is 1. The van der Waals surface area contributed by atoms with Gasteiger partial charge in [0.2, 0.25) is 0 Å². The van der Waals surface area contributed by atoms with Crippen LogP contribution >= 0.6 is 11.6 Å². The molecule has 0 bridgehead atoms. The number of halogens is 1. The second-order valence-electron chi connectivity index (χ2n) is 5.45. The van der Waals surface area contributed by atoms with Crippen LogP contribution in [-0.4, -0.2) is 12.6 Å². The largest absolute Gasteiger partial charge is 0.445 e. The van der Waals surface area contributed by atoms with E-state index in [1.165, 1.54) is 0 Å². The van der Waals surface area contributed by atoms with E-state index < -0.39 is 6.09 Å². The lowest BCUT2D eigenvalue weighted by Gasteiger charge is -2.05. The molecule has 0 aliphatic rings. The first kappa shape index (κ1) is 17.9. The summed E-state index contributed by atoms with van der Waals surface area (Å²) in [5.74, 6) is 6.21. The molecule has 0 aliphatic heterocycles. The third-order valence-electron chi connectivity index (χ3n) is 3.44. The second kappa shape index (κ2) is 9.00. The van der Waals surface area contributed by atoms with E-state index in [1.807, 2.05) is 56.3 Å². The van der Waals surface area contributed by atoms with Crippen molar-refractivity contribution in [2.45, 2.75) is 26.9 Å². The van der Waals surface area contributed by atoms with Crippen molar-refractivity contribution in [1.82, 2.24) is 5.32 Å². The molecular formula is C20H20ClNO2. The van der Waals surface area contributed by atoms with Gasteiger partial charge in [0, 0.05) is 23.6 Å². The lowest BCUT2D eigenvalue weighted by atomic mass is 10.0. The number of carbonyl (C=O) groups is 1. The van der Waals surface area contributed by atoms with Gasteiger partial charge in [0.15, 0.2) is 0 Å². The lowest BCUT2D eigenvalue weighted by Crippen LogP contribution is -2.24. The van der Waals surface area contributed by atoms with Crippen LogP contribution < -0.4 is 5.32 Å². The highest BCUT2D eigenvalue weighted by Crippen LogP contribution is 2.19. The van der Waals surface area contributed by atoms with Crippen LogP contribution in [0.5, 0.6) is 0 Å². The van der Waals surface area contributed by atoms with Crippen LogP contribution in [0.3, 0.4) is 0 Å². The number of aryl methyl sites for hydroxylation is 2. The van der Waals surface area contributed by atoms with Gasteiger partial charge in [-0.3, -0.25) is 0 Å². The van der Waals surface area contributed by atoms with E-state index in [-0.39, 0.29) is 6.61 Å². The van der Waals surface area contributed by atoms with Crippen LogP contribution in [0.1, 0.15) is 28.7 Å². The minimum atomic E-state index is -0.431. The summed E-state index contributed by atoms with van der Waals surface area (Å²) in [7, 11) is 0. The van der Waals surface area contributed by atoms with Gasteiger partial charge in [0.1, 0.15) is 6.61 Å². The van der Waals surface area contributed by atoms with Gasteiger partial charge in [0.05, 0.1) is 0 Å². The summed E-state index contributed by atoms with van der Waals surface area (Å²) in [6.45, 7) is 4.69. The van der Waals surface area contributed by atoms with Gasteiger partial charge in [-0.05, 0) is 42.7 Å². The van der Waals surface area contributed by atoms with Gasteiger partial charge < -0.3 is 10.1 Å². The minimum Gasteiger partial charge on any atom is -0.445 e. The number of carbonyl (C=O) groups excluding carboxylic acids is 1. The van der Waals surface area contributed by atoms with Crippen LogP contribution in [0.2, 0.25) is 5.02 Å². The Balaban J connectivity index is 1.74. The topological polar surface area (TPSA) is 38.3 Å². The van der Waals surface area contributed by atoms with Gasteiger partial charge in [-0.25, -0.2) is 4.79 Å². The molecule has 0 atom stereocenters. The molecule has 124 valence electrons. The fourth-order valence-corrected chi connectivity index (χ4v) is 2.59. The van der Waals surface area contributed by atoms with E-state index in [9.17, 15) is 4.79 Å². The number of benzene rings is 2. The molecule has 4 heteroatoms. The Morgan fingerprint density at radius 2 is 1.83 bits per heavy atom. The number of ether oxygens (including phenoxy) is 1. The summed E-state index contributed by atoms with van der Waals surface area (Å²) >= 11 is 6.01. The third kappa shape index (κ3) is 5.64. The molecule has 24 heavy (non-hydrogen) atoms. The first-order chi connectivity index (χ1) is 11.6. The summed E-state index contributed by atoms with van der Waals surface area (Å²) in [5.41, 5.74) is 4.07. The Kier molecular flexibility index (Phi) is 6.72. The predicted molar refractivity (Wildman–Crippen MR) is 97.1 cm³/mol. The average molecular weight is 342 g/mol. The number of hydrogen-bond acceptors (Lipinski definition) is 2. The maximum atomic E-state index is 11.6. The highest BCUT2D eigenvalue weighted by molar-refractivity contribution is 6.30. The molecule has 1 amide bonds. The molecule has 0 saturated heterocycles. The van der Waals surface area contributed by atoms with E-state index in [0.717, 1.165) is 27.3 Å². The zero-order valence-electron chi connectivity index (χ0n) is 13.9. The minimum absolute atomic E-state index is 0.265. The zero-order chi connectivity index (χ0) is 17.4. The molecular weight excluding hydrogens is 322 g/mol. The molecule has 2 aromatic rings. The second-order valence-corrected chi connectivity index (χ2v) is 5.89. The van der Waals surface area contributed by atoms with Crippen LogP contribution in [0.25, 0.3) is 0 Å². The summed E-state index contributed by atoms with van der Waals surface area (Å²) < 4.78 is 5.13. The Morgan fingerprint density at radius 3 is 2.50 bits per heavy atom. The van der Waals surface area contributed by atoms with E-state index in [1.54, 1.807) is 0 Å². The van der Waals surface area contributed by atoms with Crippen LogP contribution in [0.15, 0.2) is 42.5 Å². The number of alkyl carbamates (subject to hydrolysis) is 1. The maximum absolute atomic E-state index is 11.6. The maximum Gasteiger partial charge on any atom is 0.407 e. The number of nitrogens with one attached hydrogen (secondary N) is 1. The van der Waals surface area contributed by atoms with E-state index in [0.29, 0.717) is 13.0 Å². The third-order valence-corrected chi connectivity index (χ3v) is 3.66. The molecule has 0 spiro atoms. The van der Waals surface area contributed by atoms with Crippen molar-refractivity contribution in [1.29, 1.82) is 0 Å².